The molecule has 0 bridgehead atoms. The van der Waals surface area contributed by atoms with Crippen LogP contribution in [0.4, 0.5) is 0 Å². The van der Waals surface area contributed by atoms with Crippen LogP contribution in [0.25, 0.3) is 11.3 Å². The third-order valence-corrected chi connectivity index (χ3v) is 3.85. The minimum absolute atomic E-state index is 0.182. The first-order valence-electron chi connectivity index (χ1n) is 3.86. The second-order valence-electron chi connectivity index (χ2n) is 2.72. The standard InChI is InChI=1S/C9H3BrCl3NO/c10-6-8(14-15-9(6)13)4-2-1-3-5(11)7(4)12/h1-3H. The lowest BCUT2D eigenvalue weighted by Gasteiger charge is -2.01. The van der Waals surface area contributed by atoms with Gasteiger partial charge in [0.05, 0.1) is 10.0 Å². The summed E-state index contributed by atoms with van der Waals surface area (Å²) in [5.41, 5.74) is 1.21. The Morgan fingerprint density at radius 3 is 2.53 bits per heavy atom. The van der Waals surface area contributed by atoms with Crippen LogP contribution < -0.4 is 0 Å². The minimum Gasteiger partial charge on any atom is -0.343 e. The lowest BCUT2D eigenvalue weighted by Crippen LogP contribution is -1.81. The summed E-state index contributed by atoms with van der Waals surface area (Å²) in [7, 11) is 0. The van der Waals surface area contributed by atoms with E-state index in [-0.39, 0.29) is 5.22 Å². The molecule has 0 fully saturated rings. The van der Waals surface area contributed by atoms with Gasteiger partial charge >= 0.3 is 0 Å². The Morgan fingerprint density at radius 2 is 1.93 bits per heavy atom. The zero-order valence-electron chi connectivity index (χ0n) is 7.10. The van der Waals surface area contributed by atoms with E-state index in [1.165, 1.54) is 0 Å². The van der Waals surface area contributed by atoms with Crippen LogP contribution in [0.1, 0.15) is 0 Å². The summed E-state index contributed by atoms with van der Waals surface area (Å²) in [6, 6.07) is 5.26. The molecule has 0 unspecified atom stereocenters. The summed E-state index contributed by atoms with van der Waals surface area (Å²) < 4.78 is 5.37. The van der Waals surface area contributed by atoms with E-state index in [0.717, 1.165) is 0 Å². The SMILES string of the molecule is Clc1cccc(-c2noc(Cl)c2Br)c1Cl. The van der Waals surface area contributed by atoms with Crippen molar-refractivity contribution in [3.8, 4) is 11.3 Å². The quantitative estimate of drug-likeness (QED) is 0.731. The van der Waals surface area contributed by atoms with Crippen LogP contribution in [0, 0.1) is 0 Å². The highest BCUT2D eigenvalue weighted by atomic mass is 79.9. The van der Waals surface area contributed by atoms with Gasteiger partial charge in [0.15, 0.2) is 0 Å². The highest BCUT2D eigenvalue weighted by Gasteiger charge is 2.16. The van der Waals surface area contributed by atoms with E-state index in [1.54, 1.807) is 18.2 Å². The fourth-order valence-corrected chi connectivity index (χ4v) is 1.99. The van der Waals surface area contributed by atoms with Gasteiger partial charge in [-0.1, -0.05) is 40.5 Å². The van der Waals surface area contributed by atoms with E-state index in [4.69, 9.17) is 39.3 Å². The van der Waals surface area contributed by atoms with Crippen LogP contribution in [0.3, 0.4) is 0 Å². The first-order valence-corrected chi connectivity index (χ1v) is 5.79. The number of rotatable bonds is 1. The maximum Gasteiger partial charge on any atom is 0.240 e. The predicted octanol–water partition coefficient (Wildman–Crippen LogP) is 5.06. The third kappa shape index (κ3) is 2.02. The second-order valence-corrected chi connectivity index (χ2v) is 4.64. The Kier molecular flexibility index (Phi) is 3.26. The third-order valence-electron chi connectivity index (χ3n) is 1.80. The molecular formula is C9H3BrCl3NO. The first-order chi connectivity index (χ1) is 7.11. The number of hydrogen-bond donors (Lipinski definition) is 0. The molecule has 0 aliphatic heterocycles. The Balaban J connectivity index is 2.64. The zero-order chi connectivity index (χ0) is 11.0. The molecule has 1 aromatic carbocycles. The number of nitrogens with zero attached hydrogens (tertiary/aromatic N) is 1. The smallest absolute Gasteiger partial charge is 0.240 e. The topological polar surface area (TPSA) is 26.0 Å². The molecule has 0 amide bonds. The van der Waals surface area contributed by atoms with Gasteiger partial charge in [-0.25, -0.2) is 0 Å². The normalized spacial score (nSPS) is 10.7. The molecule has 0 aliphatic carbocycles. The molecule has 0 spiro atoms. The maximum absolute atomic E-state index is 6.03. The number of hydrogen-bond acceptors (Lipinski definition) is 2. The van der Waals surface area contributed by atoms with Gasteiger partial charge in [0.2, 0.25) is 5.22 Å². The van der Waals surface area contributed by atoms with Crippen LogP contribution in [-0.2, 0) is 0 Å². The van der Waals surface area contributed by atoms with Gasteiger partial charge in [-0.15, -0.1) is 0 Å². The van der Waals surface area contributed by atoms with Gasteiger partial charge in [-0.3, -0.25) is 0 Å². The van der Waals surface area contributed by atoms with E-state index in [9.17, 15) is 0 Å². The van der Waals surface area contributed by atoms with E-state index in [0.29, 0.717) is 25.8 Å². The molecule has 2 nitrogen and oxygen atoms in total. The zero-order valence-corrected chi connectivity index (χ0v) is 11.0. The monoisotopic (exact) mass is 325 g/mol. The molecule has 0 N–H and O–H groups in total. The Labute approximate surface area is 109 Å². The summed E-state index contributed by atoms with van der Waals surface area (Å²) in [6.07, 6.45) is 0. The maximum atomic E-state index is 6.03. The van der Waals surface area contributed by atoms with Crippen LogP contribution in [0.2, 0.25) is 15.3 Å². The molecule has 0 aliphatic rings. The summed E-state index contributed by atoms with van der Waals surface area (Å²) in [5, 5.41) is 4.85. The van der Waals surface area contributed by atoms with Gasteiger partial charge in [-0.2, -0.15) is 0 Å². The van der Waals surface area contributed by atoms with Gasteiger partial charge in [-0.05, 0) is 33.6 Å². The van der Waals surface area contributed by atoms with Crippen molar-refractivity contribution in [1.29, 1.82) is 0 Å². The van der Waals surface area contributed by atoms with Crippen molar-refractivity contribution in [3.05, 3.63) is 37.9 Å². The van der Waals surface area contributed by atoms with Crippen molar-refractivity contribution >= 4 is 50.7 Å². The van der Waals surface area contributed by atoms with Crippen molar-refractivity contribution in [2.75, 3.05) is 0 Å². The molecule has 0 radical (unpaired) electrons. The Bertz CT molecular complexity index is 512. The average Bonchev–Trinajstić information content (AvgIpc) is 2.53. The number of aromatic nitrogens is 1. The molecule has 2 aromatic rings. The molecule has 1 aromatic heterocycles. The van der Waals surface area contributed by atoms with Crippen molar-refractivity contribution in [2.24, 2.45) is 0 Å². The molecular weight excluding hydrogens is 324 g/mol. The van der Waals surface area contributed by atoms with Crippen LogP contribution in [-0.4, -0.2) is 5.16 Å². The van der Waals surface area contributed by atoms with Gasteiger partial charge in [0.25, 0.3) is 0 Å². The van der Waals surface area contributed by atoms with Gasteiger partial charge in [0.1, 0.15) is 10.2 Å². The molecule has 2 rings (SSSR count). The molecule has 78 valence electrons. The van der Waals surface area contributed by atoms with Crippen LogP contribution in [0.5, 0.6) is 0 Å². The van der Waals surface area contributed by atoms with Crippen molar-refractivity contribution < 1.29 is 4.52 Å². The van der Waals surface area contributed by atoms with E-state index in [1.807, 2.05) is 0 Å². The van der Waals surface area contributed by atoms with Crippen LogP contribution in [0.15, 0.2) is 27.2 Å². The predicted molar refractivity (Wildman–Crippen MR) is 64.7 cm³/mol. The fraction of sp³-hybridized carbons (Fsp3) is 0. The van der Waals surface area contributed by atoms with Crippen molar-refractivity contribution in [2.45, 2.75) is 0 Å². The van der Waals surface area contributed by atoms with Crippen molar-refractivity contribution in [1.82, 2.24) is 5.16 Å². The first kappa shape index (κ1) is 11.3. The summed E-state index contributed by atoms with van der Waals surface area (Å²) >= 11 is 20.9. The number of halogens is 4. The highest BCUT2D eigenvalue weighted by molar-refractivity contribution is 9.10. The van der Waals surface area contributed by atoms with E-state index < -0.39 is 0 Å². The lowest BCUT2D eigenvalue weighted by atomic mass is 10.1. The minimum atomic E-state index is 0.182. The van der Waals surface area contributed by atoms with Gasteiger partial charge in [0, 0.05) is 5.56 Å². The molecule has 15 heavy (non-hydrogen) atoms. The molecule has 0 atom stereocenters. The molecule has 1 heterocycles. The largest absolute Gasteiger partial charge is 0.343 e. The van der Waals surface area contributed by atoms with E-state index >= 15 is 0 Å². The fourth-order valence-electron chi connectivity index (χ4n) is 1.11. The molecule has 0 saturated carbocycles. The summed E-state index contributed by atoms with van der Waals surface area (Å²) in [4.78, 5) is 0. The second kappa shape index (κ2) is 4.34. The molecule has 0 saturated heterocycles. The number of benzene rings is 1. The Hall–Kier alpha value is -0.220. The molecule has 6 heteroatoms. The summed E-state index contributed by atoms with van der Waals surface area (Å²) in [6.45, 7) is 0. The van der Waals surface area contributed by atoms with Gasteiger partial charge < -0.3 is 4.52 Å². The highest BCUT2D eigenvalue weighted by Crippen LogP contribution is 2.39. The van der Waals surface area contributed by atoms with Crippen molar-refractivity contribution in [3.63, 3.8) is 0 Å². The Morgan fingerprint density at radius 1 is 1.20 bits per heavy atom. The lowest BCUT2D eigenvalue weighted by molar-refractivity contribution is 0.423. The van der Waals surface area contributed by atoms with Crippen LogP contribution >= 0.6 is 50.7 Å². The average molecular weight is 327 g/mol. The summed E-state index contributed by atoms with van der Waals surface area (Å²) in [5.74, 6) is 0. The van der Waals surface area contributed by atoms with E-state index in [2.05, 4.69) is 21.1 Å².